The first-order valence-corrected chi connectivity index (χ1v) is 11.0. The van der Waals surface area contributed by atoms with Gasteiger partial charge in [-0.1, -0.05) is 18.2 Å². The van der Waals surface area contributed by atoms with Gasteiger partial charge >= 0.3 is 0 Å². The van der Waals surface area contributed by atoms with Crippen molar-refractivity contribution >= 4 is 27.3 Å². The number of hydrogen-bond acceptors (Lipinski definition) is 6. The van der Waals surface area contributed by atoms with E-state index in [-0.39, 0.29) is 18.6 Å². The summed E-state index contributed by atoms with van der Waals surface area (Å²) < 4.78 is 9.12. The predicted octanol–water partition coefficient (Wildman–Crippen LogP) is 2.58. The van der Waals surface area contributed by atoms with Gasteiger partial charge in [0.25, 0.3) is 5.91 Å². The van der Waals surface area contributed by atoms with E-state index in [1.54, 1.807) is 11.9 Å². The molecule has 4 rings (SSSR count). The zero-order valence-electron chi connectivity index (χ0n) is 17.7. The van der Waals surface area contributed by atoms with Crippen LogP contribution in [0.1, 0.15) is 32.6 Å². The van der Waals surface area contributed by atoms with E-state index >= 15 is 0 Å². The summed E-state index contributed by atoms with van der Waals surface area (Å²) in [6.07, 6.45) is 1.90. The number of morpholine rings is 1. The molecule has 0 aliphatic carbocycles. The lowest BCUT2D eigenvalue weighted by Gasteiger charge is -2.33. The van der Waals surface area contributed by atoms with Crippen LogP contribution in [0, 0.1) is 6.92 Å². The fraction of sp³-hybridized carbons (Fsp3) is 0.455. The van der Waals surface area contributed by atoms with E-state index < -0.39 is 0 Å². The summed E-state index contributed by atoms with van der Waals surface area (Å²) in [7, 11) is 3.67. The van der Waals surface area contributed by atoms with Gasteiger partial charge in [0, 0.05) is 62.3 Å². The molecular weight excluding hydrogens is 400 g/mol. The molecule has 0 spiro atoms. The van der Waals surface area contributed by atoms with E-state index in [0.717, 1.165) is 41.0 Å². The van der Waals surface area contributed by atoms with Crippen molar-refractivity contribution in [3.8, 4) is 0 Å². The molecule has 1 aromatic carbocycles. The lowest BCUT2D eigenvalue weighted by molar-refractivity contribution is -0.0324. The maximum atomic E-state index is 13.1. The Morgan fingerprint density at radius 3 is 2.93 bits per heavy atom. The van der Waals surface area contributed by atoms with Gasteiger partial charge in [-0.15, -0.1) is 11.3 Å². The number of thiophene rings is 1. The van der Waals surface area contributed by atoms with Crippen molar-refractivity contribution in [1.82, 2.24) is 19.6 Å². The van der Waals surface area contributed by atoms with Gasteiger partial charge in [0.2, 0.25) is 0 Å². The summed E-state index contributed by atoms with van der Waals surface area (Å²) in [5.74, 6) is -0.0657. The molecule has 2 aromatic heterocycles. The van der Waals surface area contributed by atoms with E-state index in [2.05, 4.69) is 22.3 Å². The van der Waals surface area contributed by atoms with Crippen LogP contribution in [0.4, 0.5) is 0 Å². The third-order valence-electron chi connectivity index (χ3n) is 5.59. The fourth-order valence-electron chi connectivity index (χ4n) is 4.03. The highest BCUT2D eigenvalue weighted by atomic mass is 32.1. The summed E-state index contributed by atoms with van der Waals surface area (Å²) in [6, 6.07) is 8.11. The molecule has 1 unspecified atom stereocenters. The molecule has 1 amide bonds. The maximum Gasteiger partial charge on any atom is 0.264 e. The van der Waals surface area contributed by atoms with Crippen LogP contribution in [-0.4, -0.2) is 70.5 Å². The molecule has 30 heavy (non-hydrogen) atoms. The number of ether oxygens (including phenoxy) is 1. The molecule has 0 saturated carbocycles. The topological polar surface area (TPSA) is 70.8 Å². The van der Waals surface area contributed by atoms with Gasteiger partial charge in [0.15, 0.2) is 0 Å². The van der Waals surface area contributed by atoms with Crippen molar-refractivity contribution in [3.05, 3.63) is 52.2 Å². The Kier molecular flexibility index (Phi) is 6.19. The number of rotatable bonds is 6. The van der Waals surface area contributed by atoms with Crippen molar-refractivity contribution in [3.63, 3.8) is 0 Å². The summed E-state index contributed by atoms with van der Waals surface area (Å²) in [5, 5.41) is 14.8. The van der Waals surface area contributed by atoms with Crippen molar-refractivity contribution in [2.75, 3.05) is 39.9 Å². The average Bonchev–Trinajstić information content (AvgIpc) is 3.27. The van der Waals surface area contributed by atoms with Gasteiger partial charge in [-0.05, 0) is 18.4 Å². The van der Waals surface area contributed by atoms with Crippen molar-refractivity contribution in [1.29, 1.82) is 0 Å². The van der Waals surface area contributed by atoms with E-state index in [9.17, 15) is 9.90 Å². The average molecular weight is 429 g/mol. The summed E-state index contributed by atoms with van der Waals surface area (Å²) in [5.41, 5.74) is 3.23. The summed E-state index contributed by atoms with van der Waals surface area (Å²) >= 11 is 1.51. The molecular formula is C22H28N4O3S. The molecule has 0 radical (unpaired) electrons. The number of carbonyl (C=O) groups is 1. The van der Waals surface area contributed by atoms with Crippen LogP contribution >= 0.6 is 11.3 Å². The van der Waals surface area contributed by atoms with Gasteiger partial charge in [0.1, 0.15) is 0 Å². The minimum Gasteiger partial charge on any atom is -0.395 e. The van der Waals surface area contributed by atoms with Crippen LogP contribution in [0.2, 0.25) is 0 Å². The number of aliphatic hydroxyl groups excluding tert-OH is 1. The van der Waals surface area contributed by atoms with Gasteiger partial charge in [-0.25, -0.2) is 0 Å². The first-order valence-electron chi connectivity index (χ1n) is 10.2. The Morgan fingerprint density at radius 2 is 2.20 bits per heavy atom. The molecule has 8 heteroatoms. The highest BCUT2D eigenvalue weighted by Crippen LogP contribution is 2.39. The molecule has 1 saturated heterocycles. The minimum absolute atomic E-state index is 0.0549. The molecule has 1 N–H and O–H groups in total. The van der Waals surface area contributed by atoms with Crippen LogP contribution in [0.3, 0.4) is 0 Å². The van der Waals surface area contributed by atoms with Crippen LogP contribution in [0.25, 0.3) is 10.1 Å². The third-order valence-corrected chi connectivity index (χ3v) is 6.77. The predicted molar refractivity (Wildman–Crippen MR) is 118 cm³/mol. The molecule has 1 aliphatic heterocycles. The molecule has 3 aromatic rings. The number of aliphatic hydroxyl groups is 1. The van der Waals surface area contributed by atoms with Crippen LogP contribution < -0.4 is 0 Å². The maximum absolute atomic E-state index is 13.1. The number of amides is 1. The first kappa shape index (κ1) is 21.0. The highest BCUT2D eigenvalue weighted by Gasteiger charge is 2.31. The standard InChI is InChI=1S/C22H28N4O3S/c1-15-16(12-25(3)23-15)13-26-9-11-29-18(14-26)20-17-6-4-5-7-19(17)30-21(20)22(28)24(2)8-10-27/h4-7,12,18,27H,8-11,13-14H2,1-3H3. The van der Waals surface area contributed by atoms with E-state index in [1.807, 2.05) is 36.9 Å². The second-order valence-electron chi connectivity index (χ2n) is 7.80. The van der Waals surface area contributed by atoms with Crippen molar-refractivity contribution in [2.45, 2.75) is 19.6 Å². The van der Waals surface area contributed by atoms with Crippen LogP contribution in [0.15, 0.2) is 30.5 Å². The molecule has 160 valence electrons. The molecule has 7 nitrogen and oxygen atoms in total. The number of likely N-dealkylation sites (N-methyl/N-ethyl adjacent to an activating group) is 1. The van der Waals surface area contributed by atoms with Gasteiger partial charge in [-0.2, -0.15) is 5.10 Å². The second kappa shape index (κ2) is 8.85. The molecule has 1 fully saturated rings. The molecule has 1 aliphatic rings. The lowest BCUT2D eigenvalue weighted by Crippen LogP contribution is -2.38. The Morgan fingerprint density at radius 1 is 1.40 bits per heavy atom. The fourth-order valence-corrected chi connectivity index (χ4v) is 5.28. The molecule has 0 bridgehead atoms. The number of carbonyl (C=O) groups excluding carboxylic acids is 1. The first-order chi connectivity index (χ1) is 14.5. The van der Waals surface area contributed by atoms with Gasteiger partial charge < -0.3 is 14.7 Å². The monoisotopic (exact) mass is 428 g/mol. The smallest absolute Gasteiger partial charge is 0.264 e. The van der Waals surface area contributed by atoms with Crippen molar-refractivity contribution < 1.29 is 14.6 Å². The normalized spacial score (nSPS) is 17.5. The number of benzene rings is 1. The number of nitrogens with zero attached hydrogens (tertiary/aromatic N) is 4. The Bertz CT molecular complexity index is 1040. The Hall–Kier alpha value is -2.26. The lowest BCUT2D eigenvalue weighted by atomic mass is 10.0. The second-order valence-corrected chi connectivity index (χ2v) is 8.85. The number of hydrogen-bond donors (Lipinski definition) is 1. The number of fused-ring (bicyclic) bond motifs is 1. The minimum atomic E-state index is -0.173. The van der Waals surface area contributed by atoms with Crippen LogP contribution in [-0.2, 0) is 18.3 Å². The SMILES string of the molecule is Cc1nn(C)cc1CN1CCOC(c2c(C(=O)N(C)CCO)sc3ccccc23)C1. The van der Waals surface area contributed by atoms with Crippen LogP contribution in [0.5, 0.6) is 0 Å². The van der Waals surface area contributed by atoms with E-state index in [4.69, 9.17) is 4.74 Å². The zero-order chi connectivity index (χ0) is 21.3. The Labute approximate surface area is 180 Å². The largest absolute Gasteiger partial charge is 0.395 e. The van der Waals surface area contributed by atoms with Crippen molar-refractivity contribution in [2.24, 2.45) is 7.05 Å². The number of aromatic nitrogens is 2. The van der Waals surface area contributed by atoms with E-state index in [0.29, 0.717) is 18.0 Å². The summed E-state index contributed by atoms with van der Waals surface area (Å²) in [6.45, 7) is 5.29. The Balaban J connectivity index is 1.65. The third kappa shape index (κ3) is 4.13. The van der Waals surface area contributed by atoms with E-state index in [1.165, 1.54) is 16.9 Å². The summed E-state index contributed by atoms with van der Waals surface area (Å²) in [4.78, 5) is 17.8. The van der Waals surface area contributed by atoms with Gasteiger partial charge in [-0.3, -0.25) is 14.4 Å². The molecule has 3 heterocycles. The highest BCUT2D eigenvalue weighted by molar-refractivity contribution is 7.21. The zero-order valence-corrected chi connectivity index (χ0v) is 18.5. The van der Waals surface area contributed by atoms with Gasteiger partial charge in [0.05, 0.1) is 29.9 Å². The number of aryl methyl sites for hydroxylation is 2. The quantitative estimate of drug-likeness (QED) is 0.654. The molecule has 1 atom stereocenters.